The van der Waals surface area contributed by atoms with Gasteiger partial charge < -0.3 is 5.32 Å². The van der Waals surface area contributed by atoms with Gasteiger partial charge in [0.1, 0.15) is 5.82 Å². The summed E-state index contributed by atoms with van der Waals surface area (Å²) in [6.07, 6.45) is 0. The van der Waals surface area contributed by atoms with Crippen molar-refractivity contribution in [1.82, 2.24) is 5.32 Å². The van der Waals surface area contributed by atoms with E-state index in [1.807, 2.05) is 19.2 Å². The smallest absolute Gasteiger partial charge is 0.145 e. The first-order valence-corrected chi connectivity index (χ1v) is 7.36. The molecule has 1 N–H and O–H groups in total. The van der Waals surface area contributed by atoms with Gasteiger partial charge in [0.05, 0.1) is 5.02 Å². The first-order valence-electron chi connectivity index (χ1n) is 6.00. The average Bonchev–Trinajstić information content (AvgIpc) is 2.41. The third-order valence-electron chi connectivity index (χ3n) is 2.71. The molecule has 2 aromatic rings. The van der Waals surface area contributed by atoms with Gasteiger partial charge in [0, 0.05) is 17.2 Å². The summed E-state index contributed by atoms with van der Waals surface area (Å²) >= 11 is 7.38. The minimum absolute atomic E-state index is 0.182. The molecule has 0 unspecified atom stereocenters. The van der Waals surface area contributed by atoms with Gasteiger partial charge in [-0.1, -0.05) is 35.9 Å². The molecule has 100 valence electrons. The summed E-state index contributed by atoms with van der Waals surface area (Å²) in [5.41, 5.74) is 1.86. The van der Waals surface area contributed by atoms with Crippen LogP contribution in [0.4, 0.5) is 4.39 Å². The molecule has 0 spiro atoms. The van der Waals surface area contributed by atoms with Gasteiger partial charge in [-0.05, 0) is 36.4 Å². The second kappa shape index (κ2) is 6.94. The van der Waals surface area contributed by atoms with Crippen molar-refractivity contribution in [3.8, 4) is 0 Å². The maximum atomic E-state index is 13.7. The molecule has 0 bridgehead atoms. The van der Waals surface area contributed by atoms with Crippen LogP contribution < -0.4 is 5.32 Å². The van der Waals surface area contributed by atoms with E-state index in [1.165, 1.54) is 5.56 Å². The zero-order chi connectivity index (χ0) is 13.7. The summed E-state index contributed by atoms with van der Waals surface area (Å²) in [4.78, 5) is 1.13. The summed E-state index contributed by atoms with van der Waals surface area (Å²) < 4.78 is 13.7. The summed E-state index contributed by atoms with van der Waals surface area (Å²) in [6, 6.07) is 13.3. The molecule has 0 radical (unpaired) electrons. The molecule has 0 atom stereocenters. The molecule has 0 amide bonds. The molecule has 0 heterocycles. The van der Waals surface area contributed by atoms with Gasteiger partial charge >= 0.3 is 0 Å². The molecule has 0 fully saturated rings. The van der Waals surface area contributed by atoms with Crippen LogP contribution in [0, 0.1) is 5.82 Å². The van der Waals surface area contributed by atoms with Crippen LogP contribution in [0.3, 0.4) is 0 Å². The van der Waals surface area contributed by atoms with Gasteiger partial charge in [0.2, 0.25) is 0 Å². The molecular weight excluding hydrogens is 281 g/mol. The Hall–Kier alpha value is -1.03. The van der Waals surface area contributed by atoms with Crippen molar-refractivity contribution in [2.45, 2.75) is 17.2 Å². The third-order valence-corrected chi connectivity index (χ3v) is 4.04. The maximum Gasteiger partial charge on any atom is 0.145 e. The molecule has 2 aromatic carbocycles. The van der Waals surface area contributed by atoms with Crippen molar-refractivity contribution >= 4 is 23.4 Å². The van der Waals surface area contributed by atoms with Crippen molar-refractivity contribution in [2.75, 3.05) is 7.05 Å². The van der Waals surface area contributed by atoms with Crippen molar-refractivity contribution < 1.29 is 4.39 Å². The first-order chi connectivity index (χ1) is 9.20. The van der Waals surface area contributed by atoms with E-state index < -0.39 is 0 Å². The number of rotatable bonds is 5. The minimum atomic E-state index is -0.317. The quantitative estimate of drug-likeness (QED) is 0.816. The lowest BCUT2D eigenvalue weighted by atomic mass is 10.2. The van der Waals surface area contributed by atoms with Gasteiger partial charge in [-0.3, -0.25) is 0 Å². The third kappa shape index (κ3) is 3.96. The van der Waals surface area contributed by atoms with E-state index in [4.69, 9.17) is 11.6 Å². The van der Waals surface area contributed by atoms with Gasteiger partial charge in [-0.15, -0.1) is 11.8 Å². The standard InChI is InChI=1S/C15H15ClFNS/c1-18-9-11-4-2-6-13(8-11)19-10-12-5-3-7-14(16)15(12)17/h2-8,18H,9-10H2,1H3. The maximum absolute atomic E-state index is 13.7. The highest BCUT2D eigenvalue weighted by molar-refractivity contribution is 7.98. The Balaban J connectivity index is 2.06. The highest BCUT2D eigenvalue weighted by Gasteiger charge is 2.06. The van der Waals surface area contributed by atoms with Crippen LogP contribution in [0.5, 0.6) is 0 Å². The molecule has 0 aliphatic heterocycles. The van der Waals surface area contributed by atoms with E-state index in [9.17, 15) is 4.39 Å². The van der Waals surface area contributed by atoms with Crippen molar-refractivity contribution in [3.63, 3.8) is 0 Å². The fourth-order valence-corrected chi connectivity index (χ4v) is 2.92. The van der Waals surface area contributed by atoms with E-state index in [0.29, 0.717) is 11.3 Å². The second-order valence-electron chi connectivity index (χ2n) is 4.18. The molecular formula is C15H15ClFNS. The zero-order valence-corrected chi connectivity index (χ0v) is 12.2. The highest BCUT2D eigenvalue weighted by atomic mass is 35.5. The Morgan fingerprint density at radius 1 is 1.21 bits per heavy atom. The van der Waals surface area contributed by atoms with Crippen LogP contribution in [0.25, 0.3) is 0 Å². The Morgan fingerprint density at radius 2 is 2.00 bits per heavy atom. The van der Waals surface area contributed by atoms with Crippen molar-refractivity contribution in [2.24, 2.45) is 0 Å². The Morgan fingerprint density at radius 3 is 2.79 bits per heavy atom. The Kier molecular flexibility index (Phi) is 5.25. The summed E-state index contributed by atoms with van der Waals surface area (Å²) in [6.45, 7) is 0.833. The molecule has 0 aliphatic rings. The lowest BCUT2D eigenvalue weighted by Crippen LogP contribution is -2.04. The largest absolute Gasteiger partial charge is 0.316 e. The van der Waals surface area contributed by atoms with E-state index in [0.717, 1.165) is 11.4 Å². The van der Waals surface area contributed by atoms with E-state index in [1.54, 1.807) is 30.0 Å². The number of benzene rings is 2. The fourth-order valence-electron chi connectivity index (χ4n) is 1.77. The normalized spacial score (nSPS) is 10.7. The SMILES string of the molecule is CNCc1cccc(SCc2cccc(Cl)c2F)c1. The zero-order valence-electron chi connectivity index (χ0n) is 10.6. The van der Waals surface area contributed by atoms with Crippen molar-refractivity contribution in [1.29, 1.82) is 0 Å². The van der Waals surface area contributed by atoms with Crippen LogP contribution >= 0.6 is 23.4 Å². The molecule has 2 rings (SSSR count). The van der Waals surface area contributed by atoms with Crippen LogP contribution in [0.1, 0.15) is 11.1 Å². The Labute approximate surface area is 122 Å². The lowest BCUT2D eigenvalue weighted by Gasteiger charge is -2.06. The molecule has 0 saturated heterocycles. The van der Waals surface area contributed by atoms with Crippen LogP contribution in [-0.4, -0.2) is 7.05 Å². The van der Waals surface area contributed by atoms with Gasteiger partial charge in [0.15, 0.2) is 0 Å². The molecule has 4 heteroatoms. The monoisotopic (exact) mass is 295 g/mol. The van der Waals surface area contributed by atoms with E-state index in [2.05, 4.69) is 17.4 Å². The van der Waals surface area contributed by atoms with Crippen LogP contribution in [0.2, 0.25) is 5.02 Å². The molecule has 1 nitrogen and oxygen atoms in total. The molecule has 0 aliphatic carbocycles. The number of thioether (sulfide) groups is 1. The Bertz CT molecular complexity index is 560. The summed E-state index contributed by atoms with van der Waals surface area (Å²) in [5.74, 6) is 0.262. The molecule has 0 saturated carbocycles. The number of nitrogens with one attached hydrogen (secondary N) is 1. The predicted molar refractivity (Wildman–Crippen MR) is 80.2 cm³/mol. The topological polar surface area (TPSA) is 12.0 Å². The first kappa shape index (κ1) is 14.4. The minimum Gasteiger partial charge on any atom is -0.316 e. The average molecular weight is 296 g/mol. The number of hydrogen-bond donors (Lipinski definition) is 1. The van der Waals surface area contributed by atoms with E-state index >= 15 is 0 Å². The molecule has 19 heavy (non-hydrogen) atoms. The van der Waals surface area contributed by atoms with Gasteiger partial charge in [0.25, 0.3) is 0 Å². The number of hydrogen-bond acceptors (Lipinski definition) is 2. The van der Waals surface area contributed by atoms with E-state index in [-0.39, 0.29) is 10.8 Å². The number of halogens is 2. The molecule has 0 aromatic heterocycles. The van der Waals surface area contributed by atoms with Gasteiger partial charge in [-0.2, -0.15) is 0 Å². The summed E-state index contributed by atoms with van der Waals surface area (Å²) in [5, 5.41) is 3.30. The lowest BCUT2D eigenvalue weighted by molar-refractivity contribution is 0.618. The van der Waals surface area contributed by atoms with Gasteiger partial charge in [-0.25, -0.2) is 4.39 Å². The van der Waals surface area contributed by atoms with Crippen LogP contribution in [0.15, 0.2) is 47.4 Å². The fraction of sp³-hybridized carbons (Fsp3) is 0.200. The van der Waals surface area contributed by atoms with Crippen LogP contribution in [-0.2, 0) is 12.3 Å². The highest BCUT2D eigenvalue weighted by Crippen LogP contribution is 2.27. The predicted octanol–water partition coefficient (Wildman–Crippen LogP) is 4.49. The second-order valence-corrected chi connectivity index (χ2v) is 5.64. The summed E-state index contributed by atoms with van der Waals surface area (Å²) in [7, 11) is 1.92. The van der Waals surface area contributed by atoms with Crippen molar-refractivity contribution in [3.05, 3.63) is 64.4 Å².